The van der Waals surface area contributed by atoms with Crippen LogP contribution in [0.25, 0.3) is 5.70 Å². The summed E-state index contributed by atoms with van der Waals surface area (Å²) in [7, 11) is 1.83. The first-order valence-electron chi connectivity index (χ1n) is 3.31. The van der Waals surface area contributed by atoms with Crippen LogP contribution in [0.3, 0.4) is 0 Å². The Morgan fingerprint density at radius 3 is 2.91 bits per heavy atom. The second kappa shape index (κ2) is 3.05. The molecule has 11 heavy (non-hydrogen) atoms. The van der Waals surface area contributed by atoms with Crippen molar-refractivity contribution >= 4 is 11.4 Å². The van der Waals surface area contributed by atoms with E-state index >= 15 is 0 Å². The van der Waals surface area contributed by atoms with Crippen molar-refractivity contribution in [1.82, 2.24) is 4.98 Å². The van der Waals surface area contributed by atoms with Crippen LogP contribution in [-0.4, -0.2) is 12.0 Å². The number of anilines is 1. The van der Waals surface area contributed by atoms with Crippen LogP contribution in [0, 0.1) is 0 Å². The molecule has 0 amide bonds. The maximum absolute atomic E-state index is 5.48. The number of nitrogens with two attached hydrogens (primary N) is 1. The Labute approximate surface area is 65.9 Å². The Morgan fingerprint density at radius 1 is 1.64 bits per heavy atom. The van der Waals surface area contributed by atoms with E-state index < -0.39 is 0 Å². The zero-order chi connectivity index (χ0) is 8.27. The Bertz CT molecular complexity index is 268. The lowest BCUT2D eigenvalue weighted by molar-refractivity contribution is 1.29. The highest BCUT2D eigenvalue weighted by atomic mass is 14.8. The zero-order valence-electron chi connectivity index (χ0n) is 6.46. The molecule has 0 spiro atoms. The smallest absolute Gasteiger partial charge is 0.0530 e. The molecule has 0 fully saturated rings. The summed E-state index contributed by atoms with van der Waals surface area (Å²) >= 11 is 0. The van der Waals surface area contributed by atoms with Crippen molar-refractivity contribution in [1.29, 1.82) is 0 Å². The minimum Gasteiger partial charge on any atom is -0.399 e. The van der Waals surface area contributed by atoms with Gasteiger partial charge in [-0.3, -0.25) is 4.98 Å². The second-order valence-electron chi connectivity index (χ2n) is 2.24. The molecule has 58 valence electrons. The van der Waals surface area contributed by atoms with Gasteiger partial charge in [0.15, 0.2) is 0 Å². The summed E-state index contributed by atoms with van der Waals surface area (Å²) in [4.78, 5) is 3.97. The summed E-state index contributed by atoms with van der Waals surface area (Å²) in [6, 6.07) is 1.90. The summed E-state index contributed by atoms with van der Waals surface area (Å²) < 4.78 is 0. The van der Waals surface area contributed by atoms with E-state index in [-0.39, 0.29) is 0 Å². The molecule has 1 aromatic heterocycles. The molecule has 3 heteroatoms. The van der Waals surface area contributed by atoms with Gasteiger partial charge in [-0.05, 0) is 6.07 Å². The number of hydrogen-bond acceptors (Lipinski definition) is 3. The number of rotatable bonds is 2. The first-order chi connectivity index (χ1) is 5.24. The van der Waals surface area contributed by atoms with Crippen LogP contribution < -0.4 is 11.1 Å². The van der Waals surface area contributed by atoms with E-state index in [1.165, 1.54) is 0 Å². The van der Waals surface area contributed by atoms with Crippen molar-refractivity contribution in [2.24, 2.45) is 5.73 Å². The molecule has 3 N–H and O–H groups in total. The third-order valence-corrected chi connectivity index (χ3v) is 1.40. The average Bonchev–Trinajstić information content (AvgIpc) is 2.05. The lowest BCUT2D eigenvalue weighted by Gasteiger charge is -2.01. The second-order valence-corrected chi connectivity index (χ2v) is 2.24. The third-order valence-electron chi connectivity index (χ3n) is 1.40. The highest BCUT2D eigenvalue weighted by Crippen LogP contribution is 2.10. The quantitative estimate of drug-likeness (QED) is 0.660. The van der Waals surface area contributed by atoms with Crippen molar-refractivity contribution in [2.45, 2.75) is 0 Å². The van der Waals surface area contributed by atoms with Gasteiger partial charge in [0, 0.05) is 30.7 Å². The standard InChI is InChI=1S/C8H11N3/c1-6(9)7-3-8(10-2)5-11-4-7/h3-5,10H,1,9H2,2H3. The minimum atomic E-state index is 0.537. The van der Waals surface area contributed by atoms with Gasteiger partial charge >= 0.3 is 0 Å². The topological polar surface area (TPSA) is 50.9 Å². The number of aromatic nitrogens is 1. The highest BCUT2D eigenvalue weighted by Gasteiger charge is 1.94. The Balaban J connectivity index is 3.01. The normalized spacial score (nSPS) is 9.18. The Hall–Kier alpha value is -1.51. The van der Waals surface area contributed by atoms with Crippen molar-refractivity contribution in [3.63, 3.8) is 0 Å². The van der Waals surface area contributed by atoms with Crippen molar-refractivity contribution in [2.75, 3.05) is 12.4 Å². The molecule has 1 aromatic rings. The molecule has 0 aliphatic carbocycles. The average molecular weight is 149 g/mol. The van der Waals surface area contributed by atoms with E-state index in [0.717, 1.165) is 11.3 Å². The Morgan fingerprint density at radius 2 is 2.36 bits per heavy atom. The monoisotopic (exact) mass is 149 g/mol. The molecular weight excluding hydrogens is 138 g/mol. The predicted octanol–water partition coefficient (Wildman–Crippen LogP) is 1.05. The van der Waals surface area contributed by atoms with Crippen LogP contribution in [0.4, 0.5) is 5.69 Å². The van der Waals surface area contributed by atoms with Crippen LogP contribution in [-0.2, 0) is 0 Å². The fourth-order valence-corrected chi connectivity index (χ4v) is 0.752. The molecule has 1 rings (SSSR count). The van der Waals surface area contributed by atoms with Crippen molar-refractivity contribution in [3.05, 3.63) is 30.6 Å². The van der Waals surface area contributed by atoms with Gasteiger partial charge in [-0.15, -0.1) is 0 Å². The van der Waals surface area contributed by atoms with Crippen molar-refractivity contribution in [3.8, 4) is 0 Å². The molecule has 0 bridgehead atoms. The van der Waals surface area contributed by atoms with Crippen molar-refractivity contribution < 1.29 is 0 Å². The van der Waals surface area contributed by atoms with Crippen LogP contribution in [0.5, 0.6) is 0 Å². The van der Waals surface area contributed by atoms with Gasteiger partial charge in [0.2, 0.25) is 0 Å². The molecule has 1 heterocycles. The number of nitrogens with one attached hydrogen (secondary N) is 1. The van der Waals surface area contributed by atoms with Crippen LogP contribution in [0.15, 0.2) is 25.0 Å². The van der Waals surface area contributed by atoms with Gasteiger partial charge in [0.25, 0.3) is 0 Å². The van der Waals surface area contributed by atoms with Crippen LogP contribution in [0.1, 0.15) is 5.56 Å². The van der Waals surface area contributed by atoms with E-state index in [9.17, 15) is 0 Å². The molecule has 0 radical (unpaired) electrons. The van der Waals surface area contributed by atoms with Gasteiger partial charge in [0.05, 0.1) is 5.69 Å². The number of hydrogen-bond donors (Lipinski definition) is 2. The molecule has 0 aromatic carbocycles. The molecule has 0 atom stereocenters. The minimum absolute atomic E-state index is 0.537. The maximum atomic E-state index is 5.48. The number of pyridine rings is 1. The van der Waals surface area contributed by atoms with Gasteiger partial charge in [-0.1, -0.05) is 6.58 Å². The first-order valence-corrected chi connectivity index (χ1v) is 3.31. The fourth-order valence-electron chi connectivity index (χ4n) is 0.752. The predicted molar refractivity (Wildman–Crippen MR) is 47.0 cm³/mol. The van der Waals surface area contributed by atoms with Gasteiger partial charge in [-0.25, -0.2) is 0 Å². The largest absolute Gasteiger partial charge is 0.399 e. The van der Waals surface area contributed by atoms with Gasteiger partial charge in [-0.2, -0.15) is 0 Å². The Kier molecular flexibility index (Phi) is 2.11. The first kappa shape index (κ1) is 7.60. The third kappa shape index (κ3) is 1.70. The SMILES string of the molecule is C=C(N)c1cncc(NC)c1. The lowest BCUT2D eigenvalue weighted by atomic mass is 10.2. The summed E-state index contributed by atoms with van der Waals surface area (Å²) in [6.45, 7) is 3.61. The summed E-state index contributed by atoms with van der Waals surface area (Å²) in [5.74, 6) is 0. The zero-order valence-corrected chi connectivity index (χ0v) is 6.46. The summed E-state index contributed by atoms with van der Waals surface area (Å²) in [6.07, 6.45) is 3.41. The molecule has 0 aliphatic rings. The van der Waals surface area contributed by atoms with Crippen LogP contribution >= 0.6 is 0 Å². The molecule has 3 nitrogen and oxygen atoms in total. The molecule has 0 aliphatic heterocycles. The maximum Gasteiger partial charge on any atom is 0.0530 e. The highest BCUT2D eigenvalue weighted by molar-refractivity contribution is 5.62. The fraction of sp³-hybridized carbons (Fsp3) is 0.125. The van der Waals surface area contributed by atoms with E-state index in [1.54, 1.807) is 12.4 Å². The summed E-state index contributed by atoms with van der Waals surface area (Å²) in [5, 5.41) is 2.96. The molecule has 0 saturated carbocycles. The van der Waals surface area contributed by atoms with E-state index in [1.807, 2.05) is 13.1 Å². The van der Waals surface area contributed by atoms with E-state index in [0.29, 0.717) is 5.70 Å². The lowest BCUT2D eigenvalue weighted by Crippen LogP contribution is -1.96. The van der Waals surface area contributed by atoms with E-state index in [4.69, 9.17) is 5.73 Å². The molecular formula is C8H11N3. The van der Waals surface area contributed by atoms with Gasteiger partial charge in [0.1, 0.15) is 0 Å². The van der Waals surface area contributed by atoms with Gasteiger partial charge < -0.3 is 11.1 Å². The molecule has 0 saturated heterocycles. The van der Waals surface area contributed by atoms with Crippen LogP contribution in [0.2, 0.25) is 0 Å². The molecule has 0 unspecified atom stereocenters. The van der Waals surface area contributed by atoms with E-state index in [2.05, 4.69) is 16.9 Å². The summed E-state index contributed by atoms with van der Waals surface area (Å²) in [5.41, 5.74) is 7.81. The number of nitrogens with zero attached hydrogens (tertiary/aromatic N) is 1.